The molecule has 10 heteroatoms. The third-order valence-electron chi connectivity index (χ3n) is 1.13. The predicted octanol–water partition coefficient (Wildman–Crippen LogP) is 4.35. The maximum atomic E-state index is 12.7. The fraction of sp³-hybridized carbons (Fsp3) is 1.00. The second-order valence-corrected chi connectivity index (χ2v) is 5.84. The topological polar surface area (TPSA) is 18.5 Å². The van der Waals surface area contributed by atoms with E-state index in [1.807, 2.05) is 0 Å². The highest BCUT2D eigenvalue weighted by molar-refractivity contribution is 6.51. The number of alkyl halides is 8. The average Bonchev–Trinajstić information content (AvgIpc) is 2.08. The molecule has 0 radical (unpaired) electrons. The Bertz CT molecular complexity index is 184. The molecular weight excluding hydrogens is 355 g/mol. The summed E-state index contributed by atoms with van der Waals surface area (Å²) in [5, 5.41) is 0. The number of ether oxygens (including phenoxy) is 2. The molecule has 0 saturated carbocycles. The molecule has 16 heavy (non-hydrogen) atoms. The van der Waals surface area contributed by atoms with Crippen LogP contribution in [0.15, 0.2) is 0 Å². The summed E-state index contributed by atoms with van der Waals surface area (Å²) >= 11 is 30.5. The maximum Gasteiger partial charge on any atom is 0.297 e. The van der Waals surface area contributed by atoms with E-state index in [4.69, 9.17) is 69.6 Å². The van der Waals surface area contributed by atoms with E-state index in [1.54, 1.807) is 0 Å². The molecule has 0 aliphatic rings. The molecule has 0 saturated heterocycles. The van der Waals surface area contributed by atoms with E-state index in [0.717, 1.165) is 0 Å². The van der Waals surface area contributed by atoms with Crippen LogP contribution >= 0.6 is 69.6 Å². The lowest BCUT2D eigenvalue weighted by atomic mass is 10.7. The first-order valence-electron chi connectivity index (χ1n) is 3.70. The van der Waals surface area contributed by atoms with Gasteiger partial charge in [-0.05, 0) is 0 Å². The van der Waals surface area contributed by atoms with Gasteiger partial charge in [0.05, 0.1) is 13.2 Å². The SMILES string of the molecule is FC(Cl)(Cl)C(Cl)OCCOC(Cl)C(F)(Cl)Cl. The van der Waals surface area contributed by atoms with Gasteiger partial charge < -0.3 is 9.47 Å². The lowest BCUT2D eigenvalue weighted by molar-refractivity contribution is -0.00748. The second-order valence-electron chi connectivity index (χ2n) is 2.46. The molecule has 0 bridgehead atoms. The highest BCUT2D eigenvalue weighted by Crippen LogP contribution is 2.32. The van der Waals surface area contributed by atoms with E-state index in [0.29, 0.717) is 0 Å². The van der Waals surface area contributed by atoms with Gasteiger partial charge in [-0.1, -0.05) is 69.6 Å². The Hall–Kier alpha value is 1.52. The quantitative estimate of drug-likeness (QED) is 0.496. The van der Waals surface area contributed by atoms with Crippen LogP contribution in [0, 0.1) is 0 Å². The summed E-state index contributed by atoms with van der Waals surface area (Å²) in [5.41, 5.74) is -3.20. The highest BCUT2D eigenvalue weighted by atomic mass is 35.5. The molecule has 98 valence electrons. The van der Waals surface area contributed by atoms with Crippen LogP contribution < -0.4 is 0 Å². The van der Waals surface area contributed by atoms with Gasteiger partial charge in [0.1, 0.15) is 0 Å². The van der Waals surface area contributed by atoms with Gasteiger partial charge in [0.2, 0.25) is 0 Å². The van der Waals surface area contributed by atoms with Crippen LogP contribution in [0.2, 0.25) is 0 Å². The maximum absolute atomic E-state index is 12.7. The number of halogens is 8. The highest BCUT2D eigenvalue weighted by Gasteiger charge is 2.35. The van der Waals surface area contributed by atoms with Crippen molar-refractivity contribution in [2.45, 2.75) is 20.3 Å². The molecule has 0 aromatic rings. The van der Waals surface area contributed by atoms with Crippen LogP contribution in [0.5, 0.6) is 0 Å². The summed E-state index contributed by atoms with van der Waals surface area (Å²) in [6.07, 6.45) is 0. The number of hydrogen-bond donors (Lipinski definition) is 0. The molecule has 2 unspecified atom stereocenters. The molecule has 0 aliphatic carbocycles. The van der Waals surface area contributed by atoms with Gasteiger partial charge in [-0.25, -0.2) is 8.78 Å². The van der Waals surface area contributed by atoms with Crippen molar-refractivity contribution in [3.63, 3.8) is 0 Å². The first-order valence-corrected chi connectivity index (χ1v) is 6.08. The van der Waals surface area contributed by atoms with Gasteiger partial charge >= 0.3 is 0 Å². The second kappa shape index (κ2) is 7.19. The molecule has 0 N–H and O–H groups in total. The van der Waals surface area contributed by atoms with E-state index >= 15 is 0 Å². The van der Waals surface area contributed by atoms with Crippen LogP contribution in [0.3, 0.4) is 0 Å². The van der Waals surface area contributed by atoms with Crippen LogP contribution in [0.1, 0.15) is 0 Å². The summed E-state index contributed by atoms with van der Waals surface area (Å²) in [5.74, 6) is 0. The molecule has 0 heterocycles. The normalized spacial score (nSPS) is 17.2. The van der Waals surface area contributed by atoms with Gasteiger partial charge in [0.25, 0.3) is 9.17 Å². The Balaban J connectivity index is 3.70. The van der Waals surface area contributed by atoms with E-state index in [9.17, 15) is 8.78 Å². The predicted molar refractivity (Wildman–Crippen MR) is 62.3 cm³/mol. The van der Waals surface area contributed by atoms with Crippen LogP contribution in [-0.4, -0.2) is 33.5 Å². The largest absolute Gasteiger partial charge is 0.354 e. The van der Waals surface area contributed by atoms with E-state index in [1.165, 1.54) is 0 Å². The third kappa shape index (κ3) is 7.77. The first kappa shape index (κ1) is 17.5. The Kier molecular flexibility index (Phi) is 7.88. The Morgan fingerprint density at radius 2 is 1.06 bits per heavy atom. The lowest BCUT2D eigenvalue weighted by Gasteiger charge is -2.19. The van der Waals surface area contributed by atoms with E-state index in [-0.39, 0.29) is 13.2 Å². The standard InChI is InChI=1S/C6H6Cl6F2O2/c7-3(5(9,10)13)15-1-2-16-4(8)6(11,12)14/h3-4H,1-2H2. The summed E-state index contributed by atoms with van der Waals surface area (Å²) in [4.78, 5) is 0. The monoisotopic (exact) mass is 358 g/mol. The molecule has 2 atom stereocenters. The Morgan fingerprint density at radius 3 is 1.25 bits per heavy atom. The van der Waals surface area contributed by atoms with Gasteiger partial charge in [-0.2, -0.15) is 0 Å². The summed E-state index contributed by atoms with van der Waals surface area (Å²) in [7, 11) is 0. The van der Waals surface area contributed by atoms with Crippen molar-refractivity contribution in [2.75, 3.05) is 13.2 Å². The summed E-state index contributed by atoms with van der Waals surface area (Å²) in [6, 6.07) is 0. The zero-order chi connectivity index (χ0) is 13.0. The fourth-order valence-electron chi connectivity index (χ4n) is 0.492. The molecule has 0 rings (SSSR count). The molecule has 0 aromatic carbocycles. The smallest absolute Gasteiger partial charge is 0.297 e. The van der Waals surface area contributed by atoms with Crippen molar-refractivity contribution < 1.29 is 18.3 Å². The van der Waals surface area contributed by atoms with Gasteiger partial charge in [-0.3, -0.25) is 0 Å². The first-order chi connectivity index (χ1) is 7.05. The Labute approximate surface area is 121 Å². The molecule has 0 fully saturated rings. The van der Waals surface area contributed by atoms with Crippen molar-refractivity contribution in [3.8, 4) is 0 Å². The van der Waals surface area contributed by atoms with Crippen LogP contribution in [0.4, 0.5) is 8.78 Å². The van der Waals surface area contributed by atoms with E-state index in [2.05, 4.69) is 9.47 Å². The van der Waals surface area contributed by atoms with Gasteiger partial charge in [0.15, 0.2) is 11.1 Å². The minimum absolute atomic E-state index is 0.230. The molecule has 0 aromatic heterocycles. The molecule has 2 nitrogen and oxygen atoms in total. The Morgan fingerprint density at radius 1 is 0.812 bits per heavy atom. The molecule has 0 amide bonds. The summed E-state index contributed by atoms with van der Waals surface area (Å²) < 4.78 is 29.0. The lowest BCUT2D eigenvalue weighted by Crippen LogP contribution is -2.28. The third-order valence-corrected chi connectivity index (χ3v) is 3.22. The van der Waals surface area contributed by atoms with Crippen molar-refractivity contribution in [1.82, 2.24) is 0 Å². The minimum atomic E-state index is -2.75. The minimum Gasteiger partial charge on any atom is -0.354 e. The van der Waals surface area contributed by atoms with Crippen LogP contribution in [0.25, 0.3) is 0 Å². The van der Waals surface area contributed by atoms with Crippen molar-refractivity contribution >= 4 is 69.6 Å². The number of hydrogen-bond acceptors (Lipinski definition) is 2. The van der Waals surface area contributed by atoms with Gasteiger partial charge in [-0.15, -0.1) is 0 Å². The fourth-order valence-corrected chi connectivity index (χ4v) is 0.922. The number of rotatable bonds is 7. The average molecular weight is 361 g/mol. The zero-order valence-corrected chi connectivity index (χ0v) is 11.9. The van der Waals surface area contributed by atoms with Crippen molar-refractivity contribution in [1.29, 1.82) is 0 Å². The zero-order valence-electron chi connectivity index (χ0n) is 7.41. The summed E-state index contributed by atoms with van der Waals surface area (Å²) in [6.45, 7) is -0.460. The van der Waals surface area contributed by atoms with Crippen molar-refractivity contribution in [3.05, 3.63) is 0 Å². The van der Waals surface area contributed by atoms with Crippen LogP contribution in [-0.2, 0) is 9.47 Å². The molecule has 0 spiro atoms. The van der Waals surface area contributed by atoms with E-state index < -0.39 is 20.3 Å². The molecule has 0 aliphatic heterocycles. The van der Waals surface area contributed by atoms with Gasteiger partial charge in [0, 0.05) is 0 Å². The van der Waals surface area contributed by atoms with Crippen molar-refractivity contribution in [2.24, 2.45) is 0 Å². The molecular formula is C6H6Cl6F2O2.